The van der Waals surface area contributed by atoms with Crippen LogP contribution in [0.1, 0.15) is 47.3 Å². The summed E-state index contributed by atoms with van der Waals surface area (Å²) in [5, 5.41) is 0. The standard InChI is InChI=1S/C19H19F4N3O2/c1-11(12-2-4-13(5-3-12)19(21,22)23)8-16(27)15-9-17(28)25-18(24-15)26-7-6-14(20)10-26/h2-5,9,11,14H,6-8,10H2,1H3,(H,24,25,28)/t11-,14-/m0/s1. The number of carbonyl (C=O) groups is 1. The topological polar surface area (TPSA) is 66.1 Å². The first-order valence-corrected chi connectivity index (χ1v) is 8.84. The zero-order valence-electron chi connectivity index (χ0n) is 15.1. The summed E-state index contributed by atoms with van der Waals surface area (Å²) in [6.07, 6.45) is -5.12. The minimum absolute atomic E-state index is 0.0208. The predicted molar refractivity (Wildman–Crippen MR) is 95.4 cm³/mol. The van der Waals surface area contributed by atoms with E-state index in [1.165, 1.54) is 12.1 Å². The Hall–Kier alpha value is -2.71. The Kier molecular flexibility index (Phi) is 5.53. The molecule has 0 saturated carbocycles. The molecule has 1 N–H and O–H groups in total. The van der Waals surface area contributed by atoms with Crippen LogP contribution in [0, 0.1) is 0 Å². The van der Waals surface area contributed by atoms with E-state index in [-0.39, 0.29) is 30.5 Å². The summed E-state index contributed by atoms with van der Waals surface area (Å²) in [7, 11) is 0. The van der Waals surface area contributed by atoms with Crippen molar-refractivity contribution in [2.24, 2.45) is 0 Å². The quantitative estimate of drug-likeness (QED) is 0.617. The molecule has 0 bridgehead atoms. The Labute approximate surface area is 158 Å². The number of carbonyl (C=O) groups excluding carboxylic acids is 1. The Morgan fingerprint density at radius 1 is 1.32 bits per heavy atom. The van der Waals surface area contributed by atoms with Gasteiger partial charge in [0.25, 0.3) is 5.56 Å². The minimum atomic E-state index is -4.42. The number of aromatic nitrogens is 2. The second kappa shape index (κ2) is 7.73. The molecule has 1 aliphatic rings. The Morgan fingerprint density at radius 3 is 2.57 bits per heavy atom. The van der Waals surface area contributed by atoms with Crippen LogP contribution in [0.5, 0.6) is 0 Å². The molecule has 1 fully saturated rings. The third-order valence-electron chi connectivity index (χ3n) is 4.74. The van der Waals surface area contributed by atoms with Crippen LogP contribution in [0.3, 0.4) is 0 Å². The third kappa shape index (κ3) is 4.58. The van der Waals surface area contributed by atoms with Gasteiger partial charge in [-0.2, -0.15) is 13.2 Å². The molecule has 0 aliphatic carbocycles. The zero-order chi connectivity index (χ0) is 20.5. The largest absolute Gasteiger partial charge is 0.416 e. The van der Waals surface area contributed by atoms with Gasteiger partial charge >= 0.3 is 6.18 Å². The number of benzene rings is 1. The lowest BCUT2D eigenvalue weighted by molar-refractivity contribution is -0.137. The van der Waals surface area contributed by atoms with Crippen molar-refractivity contribution in [2.45, 2.75) is 38.0 Å². The van der Waals surface area contributed by atoms with Crippen LogP contribution in [-0.4, -0.2) is 35.0 Å². The molecule has 1 aromatic carbocycles. The Morgan fingerprint density at radius 2 is 2.00 bits per heavy atom. The smallest absolute Gasteiger partial charge is 0.339 e. The molecular weight excluding hydrogens is 378 g/mol. The maximum absolute atomic E-state index is 13.4. The van der Waals surface area contributed by atoms with E-state index in [2.05, 4.69) is 9.97 Å². The first kappa shape index (κ1) is 20.0. The summed E-state index contributed by atoms with van der Waals surface area (Å²) in [5.74, 6) is -0.616. The van der Waals surface area contributed by atoms with E-state index < -0.39 is 29.3 Å². The van der Waals surface area contributed by atoms with Crippen molar-refractivity contribution >= 4 is 11.7 Å². The van der Waals surface area contributed by atoms with Crippen molar-refractivity contribution in [1.82, 2.24) is 9.97 Å². The van der Waals surface area contributed by atoms with Gasteiger partial charge in [0.2, 0.25) is 5.95 Å². The molecule has 1 saturated heterocycles. The number of alkyl halides is 4. The zero-order valence-corrected chi connectivity index (χ0v) is 15.1. The number of ketones is 1. The van der Waals surface area contributed by atoms with Crippen molar-refractivity contribution in [2.75, 3.05) is 18.0 Å². The Balaban J connectivity index is 1.73. The summed E-state index contributed by atoms with van der Waals surface area (Å²) in [6.45, 7) is 2.20. The Bertz CT molecular complexity index is 909. The molecule has 0 amide bonds. The van der Waals surface area contributed by atoms with Crippen molar-refractivity contribution in [3.63, 3.8) is 0 Å². The molecule has 9 heteroatoms. The van der Waals surface area contributed by atoms with Gasteiger partial charge in [-0.05, 0) is 30.0 Å². The van der Waals surface area contributed by atoms with Crippen LogP contribution in [0.25, 0.3) is 0 Å². The number of hydrogen-bond donors (Lipinski definition) is 1. The number of H-pyrrole nitrogens is 1. The highest BCUT2D eigenvalue weighted by Gasteiger charge is 2.30. The van der Waals surface area contributed by atoms with Crippen LogP contribution >= 0.6 is 0 Å². The SMILES string of the molecule is C[C@@H](CC(=O)c1cc(=O)[nH]c(N2CC[C@H](F)C2)n1)c1ccc(C(F)(F)F)cc1. The molecule has 1 aliphatic heterocycles. The van der Waals surface area contributed by atoms with Crippen molar-refractivity contribution < 1.29 is 22.4 Å². The van der Waals surface area contributed by atoms with E-state index in [4.69, 9.17) is 0 Å². The summed E-state index contributed by atoms with van der Waals surface area (Å²) < 4.78 is 51.4. The number of halogens is 4. The second-order valence-electron chi connectivity index (χ2n) is 6.93. The lowest BCUT2D eigenvalue weighted by atomic mass is 9.94. The molecule has 3 rings (SSSR count). The number of nitrogens with one attached hydrogen (secondary N) is 1. The van der Waals surface area contributed by atoms with Gasteiger partial charge < -0.3 is 4.90 Å². The lowest BCUT2D eigenvalue weighted by Crippen LogP contribution is -2.26. The van der Waals surface area contributed by atoms with Crippen LogP contribution < -0.4 is 10.5 Å². The number of Topliss-reactive ketones (excluding diaryl/α,β-unsaturated/α-hetero) is 1. The predicted octanol–water partition coefficient (Wildman–Crippen LogP) is 3.71. The van der Waals surface area contributed by atoms with Gasteiger partial charge in [-0.3, -0.25) is 14.6 Å². The van der Waals surface area contributed by atoms with Crippen molar-refractivity contribution in [3.05, 3.63) is 57.5 Å². The van der Waals surface area contributed by atoms with E-state index >= 15 is 0 Å². The lowest BCUT2D eigenvalue weighted by Gasteiger charge is -2.16. The average Bonchev–Trinajstić information content (AvgIpc) is 3.07. The first-order valence-electron chi connectivity index (χ1n) is 8.84. The van der Waals surface area contributed by atoms with Gasteiger partial charge in [-0.15, -0.1) is 0 Å². The maximum atomic E-state index is 13.4. The summed E-state index contributed by atoms with van der Waals surface area (Å²) >= 11 is 0. The molecule has 0 unspecified atom stereocenters. The summed E-state index contributed by atoms with van der Waals surface area (Å²) in [6, 6.07) is 5.70. The minimum Gasteiger partial charge on any atom is -0.339 e. The number of rotatable bonds is 5. The molecule has 0 radical (unpaired) electrons. The monoisotopic (exact) mass is 397 g/mol. The highest BCUT2D eigenvalue weighted by Crippen LogP contribution is 2.31. The highest BCUT2D eigenvalue weighted by molar-refractivity contribution is 5.94. The van der Waals surface area contributed by atoms with Crippen LogP contribution in [0.15, 0.2) is 35.1 Å². The van der Waals surface area contributed by atoms with Gasteiger partial charge in [0.1, 0.15) is 11.9 Å². The summed E-state index contributed by atoms with van der Waals surface area (Å²) in [5.41, 5.74) is -0.739. The molecule has 0 spiro atoms. The summed E-state index contributed by atoms with van der Waals surface area (Å²) in [4.78, 5) is 32.6. The second-order valence-corrected chi connectivity index (χ2v) is 6.93. The molecule has 150 valence electrons. The molecule has 28 heavy (non-hydrogen) atoms. The fraction of sp³-hybridized carbons (Fsp3) is 0.421. The molecular formula is C19H19F4N3O2. The molecule has 2 aromatic rings. The van der Waals surface area contributed by atoms with E-state index in [0.29, 0.717) is 18.5 Å². The van der Waals surface area contributed by atoms with Gasteiger partial charge in [0.15, 0.2) is 5.78 Å². The number of nitrogens with zero attached hydrogens (tertiary/aromatic N) is 2. The van der Waals surface area contributed by atoms with Gasteiger partial charge in [-0.1, -0.05) is 19.1 Å². The highest BCUT2D eigenvalue weighted by atomic mass is 19.4. The molecule has 2 atom stereocenters. The fourth-order valence-electron chi connectivity index (χ4n) is 3.15. The van der Waals surface area contributed by atoms with Gasteiger partial charge in [0, 0.05) is 19.0 Å². The maximum Gasteiger partial charge on any atom is 0.416 e. The van der Waals surface area contributed by atoms with Crippen molar-refractivity contribution in [1.29, 1.82) is 0 Å². The van der Waals surface area contributed by atoms with Gasteiger partial charge in [-0.25, -0.2) is 9.37 Å². The molecule has 1 aromatic heterocycles. The third-order valence-corrected chi connectivity index (χ3v) is 4.74. The van der Waals surface area contributed by atoms with Crippen LogP contribution in [0.2, 0.25) is 0 Å². The van der Waals surface area contributed by atoms with E-state index in [0.717, 1.165) is 18.2 Å². The fourth-order valence-corrected chi connectivity index (χ4v) is 3.15. The number of anilines is 1. The van der Waals surface area contributed by atoms with Crippen LogP contribution in [-0.2, 0) is 6.18 Å². The molecule has 5 nitrogen and oxygen atoms in total. The van der Waals surface area contributed by atoms with Crippen molar-refractivity contribution in [3.8, 4) is 0 Å². The normalized spacial score (nSPS) is 18.3. The van der Waals surface area contributed by atoms with E-state index in [9.17, 15) is 27.2 Å². The number of hydrogen-bond acceptors (Lipinski definition) is 4. The molecule has 2 heterocycles. The average molecular weight is 397 g/mol. The first-order chi connectivity index (χ1) is 13.1. The van der Waals surface area contributed by atoms with E-state index in [1.54, 1.807) is 11.8 Å². The number of aromatic amines is 1. The van der Waals surface area contributed by atoms with Gasteiger partial charge in [0.05, 0.1) is 12.1 Å². The van der Waals surface area contributed by atoms with Crippen LogP contribution in [0.4, 0.5) is 23.5 Å². The van der Waals surface area contributed by atoms with E-state index in [1.807, 2.05) is 0 Å².